The summed E-state index contributed by atoms with van der Waals surface area (Å²) in [4.78, 5) is 11.8. The summed E-state index contributed by atoms with van der Waals surface area (Å²) in [5, 5.41) is 4.56. The lowest BCUT2D eigenvalue weighted by Gasteiger charge is -2.35. The summed E-state index contributed by atoms with van der Waals surface area (Å²) in [6.45, 7) is 1.14. The predicted octanol–water partition coefficient (Wildman–Crippen LogP) is 2.01. The maximum Gasteiger partial charge on any atom is 0.348 e. The highest BCUT2D eigenvalue weighted by molar-refractivity contribution is 7.89. The highest BCUT2D eigenvalue weighted by atomic mass is 32.2. The molecule has 6 nitrogen and oxygen atoms in total. The van der Waals surface area contributed by atoms with Gasteiger partial charge in [0.25, 0.3) is 0 Å². The van der Waals surface area contributed by atoms with Crippen LogP contribution in [0.3, 0.4) is 0 Å². The molecule has 1 aliphatic heterocycles. The molecular weight excluding hydrogens is 367 g/mol. The van der Waals surface area contributed by atoms with E-state index in [0.717, 1.165) is 11.3 Å². The van der Waals surface area contributed by atoms with Crippen molar-refractivity contribution < 1.29 is 22.3 Å². The number of hydrogen-bond acceptors (Lipinski definition) is 6. The number of piperazine rings is 1. The van der Waals surface area contributed by atoms with Crippen molar-refractivity contribution in [1.82, 2.24) is 9.62 Å². The fraction of sp³-hybridized carbons (Fsp3) is 0.312. The average Bonchev–Trinajstić information content (AvgIpc) is 3.12. The SMILES string of the molecule is COC(=O)c1cc(S(=O)(=O)N2CCNCC2c2cccc(F)c2)cs1. The lowest BCUT2D eigenvalue weighted by Crippen LogP contribution is -2.48. The number of rotatable bonds is 4. The van der Waals surface area contributed by atoms with Gasteiger partial charge in [0.05, 0.1) is 18.0 Å². The van der Waals surface area contributed by atoms with E-state index in [9.17, 15) is 17.6 Å². The molecule has 1 N–H and O–H groups in total. The predicted molar refractivity (Wildman–Crippen MR) is 91.6 cm³/mol. The van der Waals surface area contributed by atoms with E-state index in [-0.39, 0.29) is 16.3 Å². The van der Waals surface area contributed by atoms with Gasteiger partial charge in [-0.3, -0.25) is 0 Å². The summed E-state index contributed by atoms with van der Waals surface area (Å²) in [6, 6.07) is 6.72. The Morgan fingerprint density at radius 3 is 2.92 bits per heavy atom. The summed E-state index contributed by atoms with van der Waals surface area (Å²) in [6.07, 6.45) is 0. The second-order valence-corrected chi connectivity index (χ2v) is 8.33. The number of carbonyl (C=O) groups is 1. The molecule has 0 saturated carbocycles. The van der Waals surface area contributed by atoms with Crippen molar-refractivity contribution in [2.24, 2.45) is 0 Å². The summed E-state index contributed by atoms with van der Waals surface area (Å²) >= 11 is 1.02. The largest absolute Gasteiger partial charge is 0.465 e. The smallest absolute Gasteiger partial charge is 0.348 e. The third-order valence-electron chi connectivity index (χ3n) is 4.00. The van der Waals surface area contributed by atoms with Crippen LogP contribution >= 0.6 is 11.3 Å². The Bertz CT molecular complexity index is 882. The first kappa shape index (κ1) is 18.0. The van der Waals surface area contributed by atoms with Crippen molar-refractivity contribution >= 4 is 27.3 Å². The first-order valence-electron chi connectivity index (χ1n) is 7.58. The van der Waals surface area contributed by atoms with Crippen LogP contribution in [0.1, 0.15) is 21.3 Å². The molecule has 1 unspecified atom stereocenters. The van der Waals surface area contributed by atoms with Crippen LogP contribution in [0.15, 0.2) is 40.6 Å². The van der Waals surface area contributed by atoms with Gasteiger partial charge in [-0.25, -0.2) is 17.6 Å². The molecule has 0 aliphatic carbocycles. The lowest BCUT2D eigenvalue weighted by atomic mass is 10.1. The quantitative estimate of drug-likeness (QED) is 0.816. The first-order chi connectivity index (χ1) is 11.9. The van der Waals surface area contributed by atoms with E-state index in [0.29, 0.717) is 18.7 Å². The fourth-order valence-electron chi connectivity index (χ4n) is 2.77. The van der Waals surface area contributed by atoms with Gasteiger partial charge in [-0.2, -0.15) is 4.31 Å². The van der Waals surface area contributed by atoms with Gasteiger partial charge < -0.3 is 10.1 Å². The molecule has 2 heterocycles. The van der Waals surface area contributed by atoms with E-state index in [2.05, 4.69) is 10.1 Å². The van der Waals surface area contributed by atoms with E-state index < -0.39 is 27.9 Å². The standard InChI is InChI=1S/C16H17FN2O4S2/c1-23-16(20)15-8-13(10-24-15)25(21,22)19-6-5-18-9-14(19)11-3-2-4-12(17)7-11/h2-4,7-8,10,14,18H,5-6,9H2,1H3. The maximum atomic E-state index is 13.6. The Balaban J connectivity index is 1.96. The van der Waals surface area contributed by atoms with Crippen LogP contribution in [0.5, 0.6) is 0 Å². The van der Waals surface area contributed by atoms with Crippen LogP contribution in [-0.4, -0.2) is 45.4 Å². The molecule has 0 spiro atoms. The summed E-state index contributed by atoms with van der Waals surface area (Å²) < 4.78 is 45.6. The van der Waals surface area contributed by atoms with Gasteiger partial charge >= 0.3 is 5.97 Å². The molecule has 1 atom stereocenters. The third kappa shape index (κ3) is 3.59. The number of hydrogen-bond donors (Lipinski definition) is 1. The zero-order chi connectivity index (χ0) is 18.0. The van der Waals surface area contributed by atoms with Crippen molar-refractivity contribution in [2.75, 3.05) is 26.7 Å². The molecule has 1 aromatic carbocycles. The molecule has 1 aromatic heterocycles. The molecule has 1 saturated heterocycles. The number of methoxy groups -OCH3 is 1. The topological polar surface area (TPSA) is 75.7 Å². The Morgan fingerprint density at radius 1 is 1.40 bits per heavy atom. The number of carbonyl (C=O) groups excluding carboxylic acids is 1. The number of halogens is 1. The lowest BCUT2D eigenvalue weighted by molar-refractivity contribution is 0.0606. The van der Waals surface area contributed by atoms with Gasteiger partial charge in [0.1, 0.15) is 10.7 Å². The van der Waals surface area contributed by atoms with E-state index >= 15 is 0 Å². The normalized spacial score (nSPS) is 18.9. The van der Waals surface area contributed by atoms with Gasteiger partial charge in [-0.1, -0.05) is 12.1 Å². The Morgan fingerprint density at radius 2 is 2.20 bits per heavy atom. The van der Waals surface area contributed by atoms with E-state index in [1.54, 1.807) is 12.1 Å². The number of nitrogens with zero attached hydrogens (tertiary/aromatic N) is 1. The maximum absolute atomic E-state index is 13.6. The van der Waals surface area contributed by atoms with Gasteiger partial charge in [-0.15, -0.1) is 11.3 Å². The van der Waals surface area contributed by atoms with Crippen LogP contribution in [0, 0.1) is 5.82 Å². The minimum absolute atomic E-state index is 0.0428. The van der Waals surface area contributed by atoms with Crippen molar-refractivity contribution in [3.05, 3.63) is 52.0 Å². The molecule has 9 heteroatoms. The molecule has 0 radical (unpaired) electrons. The van der Waals surface area contributed by atoms with Crippen LogP contribution in [0.2, 0.25) is 0 Å². The molecule has 0 amide bonds. The fourth-order valence-corrected chi connectivity index (χ4v) is 5.56. The average molecular weight is 384 g/mol. The van der Waals surface area contributed by atoms with Crippen molar-refractivity contribution in [2.45, 2.75) is 10.9 Å². The van der Waals surface area contributed by atoms with Crippen LogP contribution in [0.4, 0.5) is 4.39 Å². The Kier molecular flexibility index (Phi) is 5.19. The molecule has 3 rings (SSSR count). The van der Waals surface area contributed by atoms with E-state index in [1.165, 1.54) is 35.0 Å². The molecule has 1 aliphatic rings. The zero-order valence-corrected chi connectivity index (χ0v) is 15.1. The first-order valence-corrected chi connectivity index (χ1v) is 9.90. The molecular formula is C16H17FN2O4S2. The zero-order valence-electron chi connectivity index (χ0n) is 13.4. The monoisotopic (exact) mass is 384 g/mol. The minimum atomic E-state index is -3.82. The highest BCUT2D eigenvalue weighted by Gasteiger charge is 2.35. The molecule has 25 heavy (non-hydrogen) atoms. The molecule has 2 aromatic rings. The summed E-state index contributed by atoms with van der Waals surface area (Å²) in [5.41, 5.74) is 0.583. The number of esters is 1. The van der Waals surface area contributed by atoms with Crippen molar-refractivity contribution in [3.8, 4) is 0 Å². The van der Waals surface area contributed by atoms with E-state index in [1.807, 2.05) is 0 Å². The Labute approximate surface area is 149 Å². The van der Waals surface area contributed by atoms with Gasteiger partial charge in [0, 0.05) is 25.0 Å². The summed E-state index contributed by atoms with van der Waals surface area (Å²) in [5.74, 6) is -0.989. The van der Waals surface area contributed by atoms with Crippen LogP contribution in [-0.2, 0) is 14.8 Å². The van der Waals surface area contributed by atoms with Crippen LogP contribution < -0.4 is 5.32 Å². The summed E-state index contributed by atoms with van der Waals surface area (Å²) in [7, 11) is -2.58. The van der Waals surface area contributed by atoms with Crippen molar-refractivity contribution in [3.63, 3.8) is 0 Å². The number of ether oxygens (including phenoxy) is 1. The van der Waals surface area contributed by atoms with E-state index in [4.69, 9.17) is 0 Å². The Hall–Kier alpha value is -1.81. The van der Waals surface area contributed by atoms with Gasteiger partial charge in [-0.05, 0) is 23.8 Å². The number of nitrogens with one attached hydrogen (secondary N) is 1. The van der Waals surface area contributed by atoms with Gasteiger partial charge in [0.15, 0.2) is 0 Å². The minimum Gasteiger partial charge on any atom is -0.465 e. The van der Waals surface area contributed by atoms with Gasteiger partial charge in [0.2, 0.25) is 10.0 Å². The molecule has 1 fully saturated rings. The second kappa shape index (κ2) is 7.20. The third-order valence-corrected chi connectivity index (χ3v) is 6.94. The van der Waals surface area contributed by atoms with Crippen LogP contribution in [0.25, 0.3) is 0 Å². The number of sulfonamides is 1. The van der Waals surface area contributed by atoms with Crippen molar-refractivity contribution in [1.29, 1.82) is 0 Å². The number of thiophene rings is 1. The highest BCUT2D eigenvalue weighted by Crippen LogP contribution is 2.31. The second-order valence-electron chi connectivity index (χ2n) is 5.53. The molecule has 134 valence electrons. The molecule has 0 bridgehead atoms. The number of benzene rings is 1.